The second kappa shape index (κ2) is 5.89. The van der Waals surface area contributed by atoms with Crippen LogP contribution in [-0.4, -0.2) is 27.7 Å². The Balaban J connectivity index is 1.82. The molecule has 2 heterocycles. The first-order valence-corrected chi connectivity index (χ1v) is 8.66. The molecule has 114 valence electrons. The summed E-state index contributed by atoms with van der Waals surface area (Å²) >= 11 is 1.65. The quantitative estimate of drug-likeness (QED) is 0.906. The summed E-state index contributed by atoms with van der Waals surface area (Å²) in [5, 5.41) is 16.9. The van der Waals surface area contributed by atoms with Crippen molar-refractivity contribution in [1.29, 1.82) is 0 Å². The van der Waals surface area contributed by atoms with E-state index in [0.29, 0.717) is 0 Å². The molecule has 2 unspecified atom stereocenters. The van der Waals surface area contributed by atoms with Crippen molar-refractivity contribution in [2.75, 3.05) is 11.9 Å². The molecule has 2 aromatic heterocycles. The number of nitrogens with one attached hydrogen (secondary N) is 1. The maximum Gasteiger partial charge on any atom is 0.138 e. The number of hydrogen-bond acceptors (Lipinski definition) is 5. The molecule has 0 aliphatic heterocycles. The first kappa shape index (κ1) is 14.7. The predicted octanol–water partition coefficient (Wildman–Crippen LogP) is 3.61. The predicted molar refractivity (Wildman–Crippen MR) is 87.9 cm³/mol. The van der Waals surface area contributed by atoms with E-state index in [1.54, 1.807) is 11.3 Å². The van der Waals surface area contributed by atoms with Gasteiger partial charge in [0.15, 0.2) is 0 Å². The largest absolute Gasteiger partial charge is 0.392 e. The van der Waals surface area contributed by atoms with Gasteiger partial charge in [-0.2, -0.15) is 0 Å². The van der Waals surface area contributed by atoms with Crippen molar-refractivity contribution < 1.29 is 5.11 Å². The van der Waals surface area contributed by atoms with E-state index in [9.17, 15) is 5.11 Å². The van der Waals surface area contributed by atoms with Crippen LogP contribution in [0.5, 0.6) is 0 Å². The molecule has 1 aliphatic rings. The molecular weight excluding hydrogens is 282 g/mol. The number of hydrogen-bond donors (Lipinski definition) is 2. The average molecular weight is 305 g/mol. The number of fused-ring (bicyclic) bond motifs is 1. The Morgan fingerprint density at radius 2 is 2.29 bits per heavy atom. The lowest BCUT2D eigenvalue weighted by atomic mass is 9.73. The van der Waals surface area contributed by atoms with E-state index in [2.05, 4.69) is 40.6 Å². The molecule has 2 atom stereocenters. The third-order valence-corrected chi connectivity index (χ3v) is 5.43. The van der Waals surface area contributed by atoms with Crippen LogP contribution in [-0.2, 0) is 6.42 Å². The van der Waals surface area contributed by atoms with E-state index in [0.717, 1.165) is 54.1 Å². The lowest BCUT2D eigenvalue weighted by Gasteiger charge is -2.38. The standard InChI is InChI=1S/C16H23N3OS/c1-3-13-18-14(11-7-9-21-15(11)19-13)17-10-16(2)8-5-4-6-12(16)20/h7,9,12,20H,3-6,8,10H2,1-2H3,(H,17,18,19). The number of aliphatic hydroxyl groups excluding tert-OH is 1. The molecule has 21 heavy (non-hydrogen) atoms. The molecule has 5 heteroatoms. The molecule has 3 rings (SSSR count). The number of nitrogens with zero attached hydrogens (tertiary/aromatic N) is 2. The molecule has 0 aromatic carbocycles. The van der Waals surface area contributed by atoms with Crippen molar-refractivity contribution in [2.45, 2.75) is 52.1 Å². The van der Waals surface area contributed by atoms with Crippen molar-refractivity contribution in [2.24, 2.45) is 5.41 Å². The fourth-order valence-corrected chi connectivity index (χ4v) is 3.85. The summed E-state index contributed by atoms with van der Waals surface area (Å²) in [5.41, 5.74) is -0.0576. The van der Waals surface area contributed by atoms with E-state index in [1.165, 1.54) is 6.42 Å². The first-order valence-electron chi connectivity index (χ1n) is 7.78. The van der Waals surface area contributed by atoms with Crippen LogP contribution in [0.15, 0.2) is 11.4 Å². The van der Waals surface area contributed by atoms with Crippen LogP contribution >= 0.6 is 11.3 Å². The van der Waals surface area contributed by atoms with Gasteiger partial charge >= 0.3 is 0 Å². The first-order chi connectivity index (χ1) is 10.1. The zero-order valence-electron chi connectivity index (χ0n) is 12.7. The zero-order chi connectivity index (χ0) is 14.9. The Labute approximate surface area is 129 Å². The fraction of sp³-hybridized carbons (Fsp3) is 0.625. The highest BCUT2D eigenvalue weighted by Crippen LogP contribution is 2.36. The van der Waals surface area contributed by atoms with Crippen LogP contribution in [0.25, 0.3) is 10.2 Å². The van der Waals surface area contributed by atoms with Crippen LogP contribution in [0, 0.1) is 5.41 Å². The van der Waals surface area contributed by atoms with Crippen molar-refractivity contribution in [1.82, 2.24) is 9.97 Å². The maximum absolute atomic E-state index is 10.3. The molecule has 2 N–H and O–H groups in total. The SMILES string of the molecule is CCc1nc(NCC2(C)CCCCC2O)c2ccsc2n1. The molecule has 0 amide bonds. The van der Waals surface area contributed by atoms with Gasteiger partial charge in [-0.25, -0.2) is 9.97 Å². The third kappa shape index (κ3) is 2.90. The van der Waals surface area contributed by atoms with Crippen LogP contribution < -0.4 is 5.32 Å². The number of thiophene rings is 1. The van der Waals surface area contributed by atoms with E-state index < -0.39 is 0 Å². The Morgan fingerprint density at radius 1 is 1.43 bits per heavy atom. The van der Waals surface area contributed by atoms with Crippen LogP contribution in [0.2, 0.25) is 0 Å². The summed E-state index contributed by atoms with van der Waals surface area (Å²) in [7, 11) is 0. The van der Waals surface area contributed by atoms with E-state index >= 15 is 0 Å². The van der Waals surface area contributed by atoms with Crippen molar-refractivity contribution >= 4 is 27.4 Å². The molecule has 0 spiro atoms. The molecule has 4 nitrogen and oxygen atoms in total. The van der Waals surface area contributed by atoms with Crippen molar-refractivity contribution in [3.8, 4) is 0 Å². The van der Waals surface area contributed by atoms with E-state index in [-0.39, 0.29) is 11.5 Å². The van der Waals surface area contributed by atoms with Gasteiger partial charge in [0.25, 0.3) is 0 Å². The topological polar surface area (TPSA) is 58.0 Å². The minimum atomic E-state index is -0.218. The minimum Gasteiger partial charge on any atom is -0.392 e. The molecule has 2 aromatic rings. The maximum atomic E-state index is 10.3. The molecule has 0 bridgehead atoms. The van der Waals surface area contributed by atoms with Gasteiger partial charge in [0.05, 0.1) is 11.5 Å². The zero-order valence-corrected chi connectivity index (χ0v) is 13.5. The lowest BCUT2D eigenvalue weighted by Crippen LogP contribution is -2.41. The normalized spacial score (nSPS) is 26.1. The highest BCUT2D eigenvalue weighted by molar-refractivity contribution is 7.16. The number of aliphatic hydroxyl groups is 1. The highest BCUT2D eigenvalue weighted by atomic mass is 32.1. The smallest absolute Gasteiger partial charge is 0.138 e. The fourth-order valence-electron chi connectivity index (χ4n) is 3.07. The molecule has 0 radical (unpaired) electrons. The van der Waals surface area contributed by atoms with E-state index in [4.69, 9.17) is 0 Å². The average Bonchev–Trinajstić information content (AvgIpc) is 2.96. The minimum absolute atomic E-state index is 0.0576. The van der Waals surface area contributed by atoms with Crippen molar-refractivity contribution in [3.63, 3.8) is 0 Å². The van der Waals surface area contributed by atoms with Gasteiger partial charge in [0.2, 0.25) is 0 Å². The number of aromatic nitrogens is 2. The summed E-state index contributed by atoms with van der Waals surface area (Å²) < 4.78 is 0. The van der Waals surface area contributed by atoms with Crippen LogP contribution in [0.1, 0.15) is 45.4 Å². The Bertz CT molecular complexity index is 627. The molecule has 0 saturated heterocycles. The van der Waals surface area contributed by atoms with Gasteiger partial charge in [0.1, 0.15) is 16.5 Å². The third-order valence-electron chi connectivity index (χ3n) is 4.63. The summed E-state index contributed by atoms with van der Waals surface area (Å²) in [6.45, 7) is 5.01. The van der Waals surface area contributed by atoms with Gasteiger partial charge in [-0.3, -0.25) is 0 Å². The van der Waals surface area contributed by atoms with Gasteiger partial charge < -0.3 is 10.4 Å². The van der Waals surface area contributed by atoms with Crippen LogP contribution in [0.4, 0.5) is 5.82 Å². The van der Waals surface area contributed by atoms with Gasteiger partial charge in [-0.15, -0.1) is 11.3 Å². The summed E-state index contributed by atoms with van der Waals surface area (Å²) in [6.07, 6.45) is 4.94. The van der Waals surface area contributed by atoms with Crippen molar-refractivity contribution in [3.05, 3.63) is 17.3 Å². The molecule has 1 saturated carbocycles. The van der Waals surface area contributed by atoms with Gasteiger partial charge in [-0.05, 0) is 24.3 Å². The Morgan fingerprint density at radius 3 is 3.05 bits per heavy atom. The summed E-state index contributed by atoms with van der Waals surface area (Å²) in [4.78, 5) is 10.2. The van der Waals surface area contributed by atoms with Gasteiger partial charge in [0, 0.05) is 18.4 Å². The van der Waals surface area contributed by atoms with Gasteiger partial charge in [-0.1, -0.05) is 26.7 Å². The summed E-state index contributed by atoms with van der Waals surface area (Å²) in [6, 6.07) is 2.07. The molecule has 1 aliphatic carbocycles. The second-order valence-corrected chi connectivity index (χ2v) is 7.15. The number of anilines is 1. The summed E-state index contributed by atoms with van der Waals surface area (Å²) in [5.74, 6) is 1.79. The Hall–Kier alpha value is -1.20. The lowest BCUT2D eigenvalue weighted by molar-refractivity contribution is 0.00960. The highest BCUT2D eigenvalue weighted by Gasteiger charge is 2.35. The second-order valence-electron chi connectivity index (χ2n) is 6.25. The monoisotopic (exact) mass is 305 g/mol. The van der Waals surface area contributed by atoms with E-state index in [1.807, 2.05) is 0 Å². The number of rotatable bonds is 4. The van der Waals surface area contributed by atoms with Crippen LogP contribution in [0.3, 0.4) is 0 Å². The molecular formula is C16H23N3OS. The molecule has 1 fully saturated rings. The Kier molecular flexibility index (Phi) is 4.13. The number of aryl methyl sites for hydroxylation is 1.